The maximum absolute atomic E-state index is 4.12. The maximum atomic E-state index is 4.12. The van der Waals surface area contributed by atoms with E-state index >= 15 is 0 Å². The molecule has 7 fully saturated rings. The van der Waals surface area contributed by atoms with Crippen molar-refractivity contribution in [2.24, 2.45) is 40.9 Å². The molecule has 2 saturated carbocycles. The Bertz CT molecular complexity index is 947. The Hall–Kier alpha value is -1.10. The zero-order valence-electron chi connectivity index (χ0n) is 21.9. The van der Waals surface area contributed by atoms with Crippen LogP contribution in [-0.4, -0.2) is 48.4 Å². The summed E-state index contributed by atoms with van der Waals surface area (Å²) in [5.74, 6) is 5.07. The summed E-state index contributed by atoms with van der Waals surface area (Å²) >= 11 is 0. The Morgan fingerprint density at radius 2 is 1.49 bits per heavy atom. The van der Waals surface area contributed by atoms with E-state index in [4.69, 9.17) is 0 Å². The fourth-order valence-corrected chi connectivity index (χ4v) is 11.4. The number of hydrogen-bond donors (Lipinski definition) is 2. The summed E-state index contributed by atoms with van der Waals surface area (Å²) in [6.07, 6.45) is 14.0. The standard InChI is InChI=1S/C31H46N4/c1-31(2)23-14-9-17-33-30(23)35-28-24(31)18-22-20-12-6-7-15-25(20)34(19-10-4-3-5-11-19)27(22)26(28)21-13-8-16-32-29(21)35/h3-5,10-11,20-30,32-33H,6-9,12-18H2,1-2H3. The third-order valence-corrected chi connectivity index (χ3v) is 12.5. The number of para-hydroxylation sites is 1. The molecule has 11 unspecified atom stereocenters. The lowest BCUT2D eigenvalue weighted by Crippen LogP contribution is -2.71. The fraction of sp³-hybridized carbons (Fsp3) is 0.806. The third kappa shape index (κ3) is 2.91. The van der Waals surface area contributed by atoms with E-state index in [9.17, 15) is 0 Å². The van der Waals surface area contributed by atoms with Crippen molar-refractivity contribution in [3.05, 3.63) is 30.3 Å². The number of benzene rings is 1. The normalized spacial score (nSPS) is 50.0. The molecule has 0 amide bonds. The van der Waals surface area contributed by atoms with Crippen LogP contribution in [-0.2, 0) is 0 Å². The monoisotopic (exact) mass is 474 g/mol. The average molecular weight is 475 g/mol. The number of anilines is 1. The molecule has 190 valence electrons. The second-order valence-corrected chi connectivity index (χ2v) is 13.9. The number of nitrogens with zero attached hydrogens (tertiary/aromatic N) is 2. The molecule has 4 heteroatoms. The van der Waals surface area contributed by atoms with Crippen LogP contribution in [0.2, 0.25) is 0 Å². The predicted molar refractivity (Wildman–Crippen MR) is 142 cm³/mol. The molecule has 4 nitrogen and oxygen atoms in total. The summed E-state index contributed by atoms with van der Waals surface area (Å²) in [5.41, 5.74) is 1.96. The van der Waals surface area contributed by atoms with Crippen LogP contribution in [0.5, 0.6) is 0 Å². The van der Waals surface area contributed by atoms with Gasteiger partial charge in [-0.3, -0.25) is 4.90 Å². The molecule has 2 aliphatic carbocycles. The number of hydrogen-bond acceptors (Lipinski definition) is 4. The lowest BCUT2D eigenvalue weighted by atomic mass is 9.51. The van der Waals surface area contributed by atoms with E-state index in [-0.39, 0.29) is 0 Å². The Morgan fingerprint density at radius 3 is 2.34 bits per heavy atom. The molecule has 11 atom stereocenters. The molecule has 0 aromatic heterocycles. The first-order valence-corrected chi connectivity index (χ1v) is 15.2. The van der Waals surface area contributed by atoms with Gasteiger partial charge in [-0.1, -0.05) is 44.9 Å². The van der Waals surface area contributed by atoms with Crippen molar-refractivity contribution in [1.82, 2.24) is 15.5 Å². The van der Waals surface area contributed by atoms with E-state index in [0.717, 1.165) is 53.6 Å². The Morgan fingerprint density at radius 1 is 0.743 bits per heavy atom. The first-order chi connectivity index (χ1) is 17.2. The van der Waals surface area contributed by atoms with Gasteiger partial charge < -0.3 is 15.5 Å². The van der Waals surface area contributed by atoms with Crippen LogP contribution in [0.3, 0.4) is 0 Å². The molecule has 1 aromatic rings. The quantitative estimate of drug-likeness (QED) is 0.596. The van der Waals surface area contributed by atoms with Crippen LogP contribution in [0.1, 0.15) is 71.6 Å². The second kappa shape index (κ2) is 7.95. The number of rotatable bonds is 1. The molecule has 5 aliphatic heterocycles. The van der Waals surface area contributed by atoms with Crippen molar-refractivity contribution in [3.8, 4) is 0 Å². The number of piperidine rings is 3. The van der Waals surface area contributed by atoms with Gasteiger partial charge >= 0.3 is 0 Å². The highest BCUT2D eigenvalue weighted by molar-refractivity contribution is 5.52. The zero-order chi connectivity index (χ0) is 23.3. The van der Waals surface area contributed by atoms with Gasteiger partial charge in [0.15, 0.2) is 0 Å². The molecule has 35 heavy (non-hydrogen) atoms. The predicted octanol–water partition coefficient (Wildman–Crippen LogP) is 5.06. The molecule has 7 aliphatic rings. The molecule has 0 radical (unpaired) electrons. The average Bonchev–Trinajstić information content (AvgIpc) is 3.41. The van der Waals surface area contributed by atoms with E-state index < -0.39 is 0 Å². The van der Waals surface area contributed by atoms with Crippen molar-refractivity contribution >= 4 is 5.69 Å². The van der Waals surface area contributed by atoms with Gasteiger partial charge in [-0.2, -0.15) is 0 Å². The fourth-order valence-electron chi connectivity index (χ4n) is 11.4. The second-order valence-electron chi connectivity index (χ2n) is 13.9. The Labute approximate surface area is 212 Å². The minimum atomic E-state index is 0.431. The van der Waals surface area contributed by atoms with Crippen molar-refractivity contribution < 1.29 is 0 Å². The minimum Gasteiger partial charge on any atom is -0.365 e. The molecule has 5 saturated heterocycles. The van der Waals surface area contributed by atoms with Gasteiger partial charge in [0.2, 0.25) is 0 Å². The summed E-state index contributed by atoms with van der Waals surface area (Å²) in [4.78, 5) is 6.12. The SMILES string of the molecule is CC1(C)C2CCCNC2N2C3NCCCC3C3C4C(CC1C32)C1CCCCC1N4c1ccccc1. The summed E-state index contributed by atoms with van der Waals surface area (Å²) in [6.45, 7) is 7.80. The summed E-state index contributed by atoms with van der Waals surface area (Å²) in [6, 6.07) is 13.9. The molecular formula is C31H46N4. The minimum absolute atomic E-state index is 0.431. The first-order valence-electron chi connectivity index (χ1n) is 15.2. The van der Waals surface area contributed by atoms with Crippen LogP contribution in [0, 0.1) is 40.9 Å². The van der Waals surface area contributed by atoms with Crippen molar-refractivity contribution in [2.45, 2.75) is 102 Å². The molecule has 0 spiro atoms. The van der Waals surface area contributed by atoms with E-state index in [2.05, 4.69) is 64.6 Å². The molecule has 8 rings (SSSR count). The van der Waals surface area contributed by atoms with Gasteiger partial charge in [0.05, 0.1) is 12.3 Å². The molecule has 2 N–H and O–H groups in total. The Kier molecular flexibility index (Phi) is 4.98. The van der Waals surface area contributed by atoms with Gasteiger partial charge in [0.1, 0.15) is 0 Å². The number of fused-ring (bicyclic) bond motifs is 9. The first kappa shape index (κ1) is 21.9. The lowest BCUT2D eigenvalue weighted by Gasteiger charge is -2.63. The van der Waals surface area contributed by atoms with E-state index in [0.29, 0.717) is 17.7 Å². The summed E-state index contributed by atoms with van der Waals surface area (Å²) in [7, 11) is 0. The van der Waals surface area contributed by atoms with Crippen molar-refractivity contribution in [2.75, 3.05) is 18.0 Å². The number of nitrogens with one attached hydrogen (secondary N) is 2. The molecular weight excluding hydrogens is 428 g/mol. The summed E-state index contributed by atoms with van der Waals surface area (Å²) in [5, 5.41) is 8.21. The lowest BCUT2D eigenvalue weighted by molar-refractivity contribution is -0.143. The third-order valence-electron chi connectivity index (χ3n) is 12.5. The van der Waals surface area contributed by atoms with Gasteiger partial charge in [0, 0.05) is 29.7 Å². The van der Waals surface area contributed by atoms with Crippen molar-refractivity contribution in [3.63, 3.8) is 0 Å². The van der Waals surface area contributed by atoms with Crippen LogP contribution in [0.4, 0.5) is 5.69 Å². The summed E-state index contributed by atoms with van der Waals surface area (Å²) < 4.78 is 0. The van der Waals surface area contributed by atoms with E-state index in [1.807, 2.05) is 0 Å². The Balaban J connectivity index is 1.29. The van der Waals surface area contributed by atoms with Crippen molar-refractivity contribution in [1.29, 1.82) is 0 Å². The van der Waals surface area contributed by atoms with Gasteiger partial charge in [0.25, 0.3) is 0 Å². The molecule has 5 heterocycles. The highest BCUT2D eigenvalue weighted by Crippen LogP contribution is 2.65. The largest absolute Gasteiger partial charge is 0.365 e. The van der Waals surface area contributed by atoms with E-state index in [1.165, 1.54) is 76.6 Å². The highest BCUT2D eigenvalue weighted by Gasteiger charge is 2.70. The molecule has 1 aromatic carbocycles. The van der Waals surface area contributed by atoms with Gasteiger partial charge in [-0.05, 0) is 105 Å². The maximum Gasteiger partial charge on any atom is 0.0647 e. The van der Waals surface area contributed by atoms with Gasteiger partial charge in [-0.25, -0.2) is 0 Å². The van der Waals surface area contributed by atoms with Crippen LogP contribution < -0.4 is 15.5 Å². The van der Waals surface area contributed by atoms with Crippen LogP contribution in [0.25, 0.3) is 0 Å². The molecule has 0 bridgehead atoms. The van der Waals surface area contributed by atoms with Gasteiger partial charge in [-0.15, -0.1) is 0 Å². The van der Waals surface area contributed by atoms with E-state index in [1.54, 1.807) is 0 Å². The smallest absolute Gasteiger partial charge is 0.0647 e. The van der Waals surface area contributed by atoms with Crippen LogP contribution in [0.15, 0.2) is 30.3 Å². The highest BCUT2D eigenvalue weighted by atomic mass is 15.4. The zero-order valence-corrected chi connectivity index (χ0v) is 21.9. The topological polar surface area (TPSA) is 30.5 Å². The van der Waals surface area contributed by atoms with Crippen LogP contribution >= 0.6 is 0 Å².